The fraction of sp³-hybridized carbons (Fsp3) is 0.500. The molecule has 80 valence electrons. The van der Waals surface area contributed by atoms with Crippen LogP contribution in [0.5, 0.6) is 0 Å². The number of hydrogen-bond acceptors (Lipinski definition) is 2. The highest BCUT2D eigenvalue weighted by atomic mass is 16.3. The summed E-state index contributed by atoms with van der Waals surface area (Å²) in [7, 11) is 0. The van der Waals surface area contributed by atoms with Crippen molar-refractivity contribution in [2.75, 3.05) is 0 Å². The molecular formula is C12H20O2. The summed E-state index contributed by atoms with van der Waals surface area (Å²) < 4.78 is 0. The van der Waals surface area contributed by atoms with Gasteiger partial charge in [-0.15, -0.1) is 0 Å². The summed E-state index contributed by atoms with van der Waals surface area (Å²) in [5, 5.41) is 18.2. The van der Waals surface area contributed by atoms with Gasteiger partial charge in [-0.05, 0) is 27.7 Å². The van der Waals surface area contributed by atoms with Crippen LogP contribution in [0.25, 0.3) is 0 Å². The Bertz CT molecular complexity index is 190. The minimum absolute atomic E-state index is 1.01. The Morgan fingerprint density at radius 1 is 0.571 bits per heavy atom. The average molecular weight is 196 g/mol. The summed E-state index contributed by atoms with van der Waals surface area (Å²) in [4.78, 5) is 0. The molecule has 0 atom stereocenters. The molecule has 0 heterocycles. The second-order valence-corrected chi connectivity index (χ2v) is 4.27. The molecule has 0 radical (unpaired) electrons. The molecule has 1 aromatic carbocycles. The number of rotatable bonds is 1. The Balaban J connectivity index is 0.000000249. The Labute approximate surface area is 86.2 Å². The van der Waals surface area contributed by atoms with Gasteiger partial charge in [-0.3, -0.25) is 0 Å². The zero-order chi connectivity index (χ0) is 11.2. The first kappa shape index (κ1) is 13.1. The quantitative estimate of drug-likeness (QED) is 0.723. The van der Waals surface area contributed by atoms with Crippen LogP contribution in [0.4, 0.5) is 0 Å². The third-order valence-electron chi connectivity index (χ3n) is 2.16. The summed E-state index contributed by atoms with van der Waals surface area (Å²) in [5.74, 6) is 0. The molecule has 1 aromatic rings. The van der Waals surface area contributed by atoms with E-state index in [1.54, 1.807) is 27.7 Å². The number of aliphatic hydroxyl groups is 2. The van der Waals surface area contributed by atoms with Crippen LogP contribution in [-0.2, 0) is 0 Å². The summed E-state index contributed by atoms with van der Waals surface area (Å²) in [6.45, 7) is 6.31. The maximum atomic E-state index is 9.10. The largest absolute Gasteiger partial charge is 0.387 e. The van der Waals surface area contributed by atoms with E-state index in [1.807, 2.05) is 36.4 Å². The highest BCUT2D eigenvalue weighted by Gasteiger charge is 2.31. The molecule has 0 aliphatic heterocycles. The zero-order valence-electron chi connectivity index (χ0n) is 9.36. The van der Waals surface area contributed by atoms with E-state index in [0.29, 0.717) is 0 Å². The van der Waals surface area contributed by atoms with Gasteiger partial charge in [-0.2, -0.15) is 0 Å². The first-order valence-electron chi connectivity index (χ1n) is 4.70. The van der Waals surface area contributed by atoms with Gasteiger partial charge in [-0.1, -0.05) is 36.4 Å². The van der Waals surface area contributed by atoms with Crippen molar-refractivity contribution >= 4 is 0 Å². The Kier molecular flexibility index (Phi) is 4.81. The molecule has 0 amide bonds. The molecule has 0 fully saturated rings. The van der Waals surface area contributed by atoms with Crippen molar-refractivity contribution in [2.24, 2.45) is 0 Å². The Morgan fingerprint density at radius 3 is 0.786 bits per heavy atom. The van der Waals surface area contributed by atoms with Gasteiger partial charge in [0.2, 0.25) is 0 Å². The highest BCUT2D eigenvalue weighted by Crippen LogP contribution is 2.19. The van der Waals surface area contributed by atoms with E-state index in [1.165, 1.54) is 0 Å². The van der Waals surface area contributed by atoms with E-state index in [0.717, 1.165) is 0 Å². The molecule has 0 aliphatic rings. The molecule has 0 aliphatic carbocycles. The second-order valence-electron chi connectivity index (χ2n) is 4.27. The van der Waals surface area contributed by atoms with Crippen LogP contribution < -0.4 is 0 Å². The molecule has 2 N–H and O–H groups in total. The molecule has 0 bridgehead atoms. The first-order valence-corrected chi connectivity index (χ1v) is 4.70. The standard InChI is InChI=1S/C6H14O2.C6H6/c1-5(2,7)6(3,4)8;1-2-4-6-5-3-1/h7-8H,1-4H3;1-6H. The van der Waals surface area contributed by atoms with Crippen LogP contribution in [0.3, 0.4) is 0 Å². The third-order valence-corrected chi connectivity index (χ3v) is 2.16. The van der Waals surface area contributed by atoms with Crippen LogP contribution >= 0.6 is 0 Å². The van der Waals surface area contributed by atoms with Gasteiger partial charge in [0.1, 0.15) is 0 Å². The molecule has 0 aromatic heterocycles. The smallest absolute Gasteiger partial charge is 0.0872 e. The van der Waals surface area contributed by atoms with Gasteiger partial charge in [0.25, 0.3) is 0 Å². The van der Waals surface area contributed by atoms with Crippen LogP contribution in [0.15, 0.2) is 36.4 Å². The summed E-state index contributed by atoms with van der Waals surface area (Å²) in [5.41, 5.74) is -2.01. The second kappa shape index (κ2) is 5.13. The third kappa shape index (κ3) is 5.73. The van der Waals surface area contributed by atoms with Gasteiger partial charge >= 0.3 is 0 Å². The molecule has 14 heavy (non-hydrogen) atoms. The number of hydrogen-bond donors (Lipinski definition) is 2. The molecular weight excluding hydrogens is 176 g/mol. The summed E-state index contributed by atoms with van der Waals surface area (Å²) >= 11 is 0. The van der Waals surface area contributed by atoms with E-state index < -0.39 is 11.2 Å². The van der Waals surface area contributed by atoms with Crippen molar-refractivity contribution in [2.45, 2.75) is 38.9 Å². The van der Waals surface area contributed by atoms with Crippen molar-refractivity contribution in [3.05, 3.63) is 36.4 Å². The normalized spacial score (nSPS) is 11.6. The van der Waals surface area contributed by atoms with Crippen LogP contribution in [0.1, 0.15) is 27.7 Å². The molecule has 0 saturated heterocycles. The molecule has 0 saturated carbocycles. The summed E-state index contributed by atoms with van der Waals surface area (Å²) in [6.07, 6.45) is 0. The van der Waals surface area contributed by atoms with E-state index in [9.17, 15) is 0 Å². The van der Waals surface area contributed by atoms with Crippen LogP contribution in [0, 0.1) is 0 Å². The number of benzene rings is 1. The Morgan fingerprint density at radius 2 is 0.714 bits per heavy atom. The van der Waals surface area contributed by atoms with Gasteiger partial charge in [0.05, 0.1) is 11.2 Å². The molecule has 0 spiro atoms. The van der Waals surface area contributed by atoms with Gasteiger partial charge in [-0.25, -0.2) is 0 Å². The summed E-state index contributed by atoms with van der Waals surface area (Å²) in [6, 6.07) is 12.0. The lowest BCUT2D eigenvalue weighted by Gasteiger charge is -2.31. The van der Waals surface area contributed by atoms with Gasteiger partial charge < -0.3 is 10.2 Å². The predicted molar refractivity (Wildman–Crippen MR) is 59.0 cm³/mol. The van der Waals surface area contributed by atoms with Gasteiger partial charge in [0.15, 0.2) is 0 Å². The zero-order valence-corrected chi connectivity index (χ0v) is 9.36. The van der Waals surface area contributed by atoms with Crippen LogP contribution in [-0.4, -0.2) is 21.4 Å². The first-order chi connectivity index (χ1) is 6.25. The van der Waals surface area contributed by atoms with Gasteiger partial charge in [0, 0.05) is 0 Å². The van der Waals surface area contributed by atoms with E-state index in [2.05, 4.69) is 0 Å². The molecule has 0 unspecified atom stereocenters. The van der Waals surface area contributed by atoms with E-state index in [4.69, 9.17) is 10.2 Å². The fourth-order valence-electron chi connectivity index (χ4n) is 0.385. The maximum absolute atomic E-state index is 9.10. The Hall–Kier alpha value is -0.860. The van der Waals surface area contributed by atoms with Crippen molar-refractivity contribution in [3.63, 3.8) is 0 Å². The minimum atomic E-state index is -1.01. The maximum Gasteiger partial charge on any atom is 0.0872 e. The van der Waals surface area contributed by atoms with E-state index in [-0.39, 0.29) is 0 Å². The average Bonchev–Trinajstić information content (AvgIpc) is 2.05. The lowest BCUT2D eigenvalue weighted by atomic mass is 9.90. The molecule has 1 rings (SSSR count). The fourth-order valence-corrected chi connectivity index (χ4v) is 0.385. The highest BCUT2D eigenvalue weighted by molar-refractivity contribution is 4.99. The lowest BCUT2D eigenvalue weighted by molar-refractivity contribution is -0.107. The minimum Gasteiger partial charge on any atom is -0.387 e. The SMILES string of the molecule is CC(C)(O)C(C)(C)O.c1ccccc1. The van der Waals surface area contributed by atoms with Crippen molar-refractivity contribution < 1.29 is 10.2 Å². The van der Waals surface area contributed by atoms with Crippen LogP contribution in [0.2, 0.25) is 0 Å². The monoisotopic (exact) mass is 196 g/mol. The van der Waals surface area contributed by atoms with E-state index >= 15 is 0 Å². The lowest BCUT2D eigenvalue weighted by Crippen LogP contribution is -2.44. The topological polar surface area (TPSA) is 40.5 Å². The molecule has 2 heteroatoms. The molecule has 2 nitrogen and oxygen atoms in total. The van der Waals surface area contributed by atoms with Crippen molar-refractivity contribution in [1.82, 2.24) is 0 Å². The van der Waals surface area contributed by atoms with Crippen molar-refractivity contribution in [1.29, 1.82) is 0 Å². The van der Waals surface area contributed by atoms with Crippen molar-refractivity contribution in [3.8, 4) is 0 Å². The predicted octanol–water partition coefficient (Wildman–Crippen LogP) is 2.21.